The molecular weight excluding hydrogens is 329 g/mol. The molecule has 1 heterocycles. The molecule has 2 rings (SSSR count). The Balaban J connectivity index is 2.32. The quantitative estimate of drug-likeness (QED) is 0.587. The van der Waals surface area contributed by atoms with Crippen LogP contribution in [-0.4, -0.2) is 18.1 Å². The van der Waals surface area contributed by atoms with E-state index in [0.717, 1.165) is 24.5 Å². The van der Waals surface area contributed by atoms with Crippen molar-refractivity contribution in [3.05, 3.63) is 59.0 Å². The van der Waals surface area contributed by atoms with Gasteiger partial charge in [-0.3, -0.25) is 0 Å². The van der Waals surface area contributed by atoms with Crippen molar-refractivity contribution >= 4 is 17.2 Å². The fourth-order valence-corrected chi connectivity index (χ4v) is 3.50. The van der Waals surface area contributed by atoms with Crippen molar-refractivity contribution in [3.8, 4) is 0 Å². The highest BCUT2D eigenvalue weighted by Gasteiger charge is 2.25. The molecule has 0 bridgehead atoms. The zero-order valence-corrected chi connectivity index (χ0v) is 16.2. The second-order valence-electron chi connectivity index (χ2n) is 7.25. The average Bonchev–Trinajstić information content (AvgIpc) is 2.57. The minimum absolute atomic E-state index is 0.374. The number of allylic oxidation sites excluding steroid dienone is 5. The van der Waals surface area contributed by atoms with Gasteiger partial charge in [-0.05, 0) is 94.0 Å². The number of hydrogen-bond acceptors (Lipinski definition) is 3. The second kappa shape index (κ2) is 8.35. The number of carbonyl (C=O) groups excluding carboxylic acids is 1. The first kappa shape index (κ1) is 20.0. The molecule has 0 aromatic heterocycles. The van der Waals surface area contributed by atoms with Crippen molar-refractivity contribution in [2.45, 2.75) is 59.5 Å². The van der Waals surface area contributed by atoms with Crippen LogP contribution in [0.4, 0.5) is 10.1 Å². The molecule has 0 spiro atoms. The number of fused-ring (bicyclic) bond motifs is 1. The highest BCUT2D eigenvalue weighted by molar-refractivity contribution is 5.79. The van der Waals surface area contributed by atoms with Crippen LogP contribution in [0.2, 0.25) is 0 Å². The molecule has 1 aromatic rings. The Bertz CT molecular complexity index is 774. The Labute approximate surface area is 155 Å². The summed E-state index contributed by atoms with van der Waals surface area (Å²) in [6.45, 7) is 9.96. The van der Waals surface area contributed by atoms with Gasteiger partial charge in [0.05, 0.1) is 5.97 Å². The summed E-state index contributed by atoms with van der Waals surface area (Å²) in [7, 11) is 0. The number of carbonyl (C=O) groups is 1. The minimum atomic E-state index is -1.29. The van der Waals surface area contributed by atoms with Crippen LogP contribution in [0.5, 0.6) is 0 Å². The van der Waals surface area contributed by atoms with E-state index in [-0.39, 0.29) is 5.83 Å². The third kappa shape index (κ3) is 4.63. The monoisotopic (exact) mass is 356 g/mol. The van der Waals surface area contributed by atoms with Gasteiger partial charge >= 0.3 is 0 Å². The van der Waals surface area contributed by atoms with Gasteiger partial charge in [-0.2, -0.15) is 0 Å². The van der Waals surface area contributed by atoms with Gasteiger partial charge in [0.25, 0.3) is 0 Å². The van der Waals surface area contributed by atoms with Crippen LogP contribution in [0, 0.1) is 0 Å². The summed E-state index contributed by atoms with van der Waals surface area (Å²) < 4.78 is 14.5. The Morgan fingerprint density at radius 3 is 2.62 bits per heavy atom. The lowest BCUT2D eigenvalue weighted by atomic mass is 9.92. The third-order valence-corrected chi connectivity index (χ3v) is 4.85. The number of hydrogen-bond donors (Lipinski definition) is 0. The van der Waals surface area contributed by atoms with Crippen molar-refractivity contribution in [3.63, 3.8) is 0 Å². The van der Waals surface area contributed by atoms with Crippen LogP contribution < -0.4 is 10.0 Å². The lowest BCUT2D eigenvalue weighted by Crippen LogP contribution is -2.42. The largest absolute Gasteiger partial charge is 0.545 e. The maximum Gasteiger partial charge on any atom is 0.126 e. The van der Waals surface area contributed by atoms with Crippen molar-refractivity contribution in [1.29, 1.82) is 0 Å². The molecule has 0 amide bonds. The number of aliphatic carboxylic acids is 1. The third-order valence-electron chi connectivity index (χ3n) is 4.85. The highest BCUT2D eigenvalue weighted by atomic mass is 19.1. The number of carboxylic acids is 1. The fraction of sp³-hybridized carbons (Fsp3) is 0.409. The minimum Gasteiger partial charge on any atom is -0.545 e. The van der Waals surface area contributed by atoms with Crippen LogP contribution in [0.1, 0.15) is 52.2 Å². The molecule has 0 saturated carbocycles. The van der Waals surface area contributed by atoms with Crippen molar-refractivity contribution in [2.24, 2.45) is 0 Å². The molecule has 3 nitrogen and oxygen atoms in total. The molecule has 1 aromatic carbocycles. The van der Waals surface area contributed by atoms with Gasteiger partial charge in [0.15, 0.2) is 0 Å². The van der Waals surface area contributed by atoms with Crippen LogP contribution in [0.25, 0.3) is 5.57 Å². The number of rotatable bonds is 5. The molecule has 1 unspecified atom stereocenters. The standard InChI is InChI=1S/C22H28FNO2/c1-14(2)24-16(4)7-8-19-13-18(9-11-21(19)24)17(5)20(23)10-6-15(3)12-22(25)26/h6,9-14,16H,7-8H2,1-5H3,(H,25,26)/p-1/b10-6+,15-12+,20-17+. The van der Waals surface area contributed by atoms with Gasteiger partial charge in [-0.15, -0.1) is 0 Å². The van der Waals surface area contributed by atoms with Gasteiger partial charge in [-0.1, -0.05) is 12.1 Å². The SMILES string of the molecule is CC(/C=C/C(F)=C(/C)c1ccc2c(c1)CCC(C)N2C(C)C)=C\C(=O)[O-]. The number of nitrogens with zero attached hydrogens (tertiary/aromatic N) is 1. The number of anilines is 1. The lowest BCUT2D eigenvalue weighted by molar-refractivity contribution is -0.297. The Morgan fingerprint density at radius 1 is 1.31 bits per heavy atom. The van der Waals surface area contributed by atoms with E-state index in [9.17, 15) is 14.3 Å². The predicted molar refractivity (Wildman–Crippen MR) is 103 cm³/mol. The van der Waals surface area contributed by atoms with E-state index in [1.807, 2.05) is 6.07 Å². The molecule has 0 radical (unpaired) electrons. The van der Waals surface area contributed by atoms with Crippen LogP contribution in [-0.2, 0) is 11.2 Å². The number of carboxylic acid groups (broad SMARTS) is 1. The molecule has 140 valence electrons. The highest BCUT2D eigenvalue weighted by Crippen LogP contribution is 2.34. The summed E-state index contributed by atoms with van der Waals surface area (Å²) in [4.78, 5) is 12.9. The summed E-state index contributed by atoms with van der Waals surface area (Å²) in [5.41, 5.74) is 4.31. The van der Waals surface area contributed by atoms with E-state index in [1.54, 1.807) is 13.8 Å². The molecule has 0 fully saturated rings. The first-order valence-electron chi connectivity index (χ1n) is 9.06. The van der Waals surface area contributed by atoms with Crippen molar-refractivity contribution < 1.29 is 14.3 Å². The van der Waals surface area contributed by atoms with E-state index >= 15 is 0 Å². The van der Waals surface area contributed by atoms with Gasteiger partial charge in [-0.25, -0.2) is 4.39 Å². The summed E-state index contributed by atoms with van der Waals surface area (Å²) in [6.07, 6.45) is 5.76. The molecular formula is C22H27FNO2-. The first-order valence-corrected chi connectivity index (χ1v) is 9.06. The molecule has 0 aliphatic carbocycles. The summed E-state index contributed by atoms with van der Waals surface area (Å²) in [5.74, 6) is -1.66. The van der Waals surface area contributed by atoms with Crippen molar-refractivity contribution in [2.75, 3.05) is 4.90 Å². The molecule has 1 atom stereocenters. The maximum atomic E-state index is 14.5. The van der Waals surface area contributed by atoms with Gasteiger partial charge in [0.1, 0.15) is 5.83 Å². The summed E-state index contributed by atoms with van der Waals surface area (Å²) >= 11 is 0. The second-order valence-corrected chi connectivity index (χ2v) is 7.25. The Hall–Kier alpha value is -2.36. The summed E-state index contributed by atoms with van der Waals surface area (Å²) in [5, 5.41) is 10.5. The number of aryl methyl sites for hydroxylation is 1. The molecule has 1 aliphatic heterocycles. The van der Waals surface area contributed by atoms with E-state index < -0.39 is 5.97 Å². The number of benzene rings is 1. The van der Waals surface area contributed by atoms with Gasteiger partial charge in [0, 0.05) is 17.8 Å². The van der Waals surface area contributed by atoms with Crippen molar-refractivity contribution in [1.82, 2.24) is 0 Å². The fourth-order valence-electron chi connectivity index (χ4n) is 3.50. The van der Waals surface area contributed by atoms with E-state index in [2.05, 4.69) is 37.8 Å². The zero-order valence-electron chi connectivity index (χ0n) is 16.2. The smallest absolute Gasteiger partial charge is 0.126 e. The van der Waals surface area contributed by atoms with Gasteiger partial charge in [0.2, 0.25) is 0 Å². The normalized spacial score (nSPS) is 19.0. The van der Waals surface area contributed by atoms with Crippen LogP contribution in [0.15, 0.2) is 47.8 Å². The predicted octanol–water partition coefficient (Wildman–Crippen LogP) is 4.19. The first-order chi connectivity index (χ1) is 12.2. The average molecular weight is 356 g/mol. The van der Waals surface area contributed by atoms with E-state index in [0.29, 0.717) is 23.2 Å². The van der Waals surface area contributed by atoms with E-state index in [4.69, 9.17) is 0 Å². The van der Waals surface area contributed by atoms with E-state index in [1.165, 1.54) is 23.4 Å². The Kier molecular flexibility index (Phi) is 6.41. The summed E-state index contributed by atoms with van der Waals surface area (Å²) in [6, 6.07) is 7.04. The molecule has 4 heteroatoms. The molecule has 0 saturated heterocycles. The molecule has 0 N–H and O–H groups in total. The lowest BCUT2D eigenvalue weighted by Gasteiger charge is -2.40. The van der Waals surface area contributed by atoms with Crippen LogP contribution in [0.3, 0.4) is 0 Å². The topological polar surface area (TPSA) is 43.4 Å². The zero-order chi connectivity index (χ0) is 19.4. The number of halogens is 1. The molecule has 1 aliphatic rings. The maximum absolute atomic E-state index is 14.5. The van der Waals surface area contributed by atoms with Crippen LogP contribution >= 0.6 is 0 Å². The van der Waals surface area contributed by atoms with Gasteiger partial charge < -0.3 is 14.8 Å². The Morgan fingerprint density at radius 2 is 2.00 bits per heavy atom. The molecule has 26 heavy (non-hydrogen) atoms.